The van der Waals surface area contributed by atoms with Crippen molar-refractivity contribution in [1.29, 1.82) is 0 Å². The van der Waals surface area contributed by atoms with Crippen LogP contribution in [0.25, 0.3) is 22.5 Å². The minimum Gasteiger partial charge on any atom is -0.305 e. The molecule has 41 heavy (non-hydrogen) atoms. The molecule has 2 heterocycles. The molecule has 6 rings (SSSR count). The first kappa shape index (κ1) is 30.6. The van der Waals surface area contributed by atoms with Crippen LogP contribution in [0.15, 0.2) is 103 Å². The maximum atomic E-state index is 4.57. The van der Waals surface area contributed by atoms with E-state index in [4.69, 9.17) is 0 Å². The van der Waals surface area contributed by atoms with Crippen LogP contribution in [-0.4, -0.2) is 9.97 Å². The van der Waals surface area contributed by atoms with Gasteiger partial charge in [0.05, 0.1) is 0 Å². The number of aryl methyl sites for hydroxylation is 2. The van der Waals surface area contributed by atoms with Crippen LogP contribution in [0.5, 0.6) is 0 Å². The molecule has 0 unspecified atom stereocenters. The Morgan fingerprint density at radius 3 is 2.22 bits per heavy atom. The molecule has 3 heteroatoms. The summed E-state index contributed by atoms with van der Waals surface area (Å²) < 4.78 is 0. The summed E-state index contributed by atoms with van der Waals surface area (Å²) in [5, 5.41) is 0. The Balaban J connectivity index is 0.000000184. The normalized spacial score (nSPS) is 13.0. The first-order chi connectivity index (χ1) is 19.6. The average Bonchev–Trinajstić information content (AvgIpc) is 3.01. The summed E-state index contributed by atoms with van der Waals surface area (Å²) in [6.45, 7) is 4.25. The van der Waals surface area contributed by atoms with E-state index in [0.29, 0.717) is 0 Å². The Hall–Kier alpha value is -3.39. The predicted molar refractivity (Wildman–Crippen MR) is 166 cm³/mol. The van der Waals surface area contributed by atoms with Gasteiger partial charge >= 0.3 is 0 Å². The maximum Gasteiger partial charge on any atom is 0.0192 e. The summed E-state index contributed by atoms with van der Waals surface area (Å²) in [4.78, 5) is 9.02. The molecule has 1 radical (unpaired) electrons. The fourth-order valence-corrected chi connectivity index (χ4v) is 5.41. The summed E-state index contributed by atoms with van der Waals surface area (Å²) in [6, 6.07) is 37.8. The SMILES string of the molecule is Cc1c[c-]c(-c2cc(Cc3ccccc3)ccn2)cc1.Cc1cnc(-c2[c-]cccc2)cc1CC1CCCCC1.[Ir]. The van der Waals surface area contributed by atoms with Gasteiger partial charge < -0.3 is 9.97 Å². The van der Waals surface area contributed by atoms with Gasteiger partial charge in [-0.25, -0.2) is 0 Å². The summed E-state index contributed by atoms with van der Waals surface area (Å²) in [5.41, 5.74) is 10.8. The minimum absolute atomic E-state index is 0. The monoisotopic (exact) mass is 715 g/mol. The molecular formula is C38H38IrN2-2. The van der Waals surface area contributed by atoms with E-state index in [2.05, 4.69) is 96.6 Å². The zero-order valence-corrected chi connectivity index (χ0v) is 26.5. The molecule has 211 valence electrons. The van der Waals surface area contributed by atoms with E-state index in [1.807, 2.05) is 42.7 Å². The van der Waals surface area contributed by atoms with Crippen molar-refractivity contribution in [3.63, 3.8) is 0 Å². The topological polar surface area (TPSA) is 25.8 Å². The van der Waals surface area contributed by atoms with E-state index in [9.17, 15) is 0 Å². The van der Waals surface area contributed by atoms with Gasteiger partial charge in [0.25, 0.3) is 0 Å². The van der Waals surface area contributed by atoms with Gasteiger partial charge in [0.15, 0.2) is 0 Å². The van der Waals surface area contributed by atoms with Crippen molar-refractivity contribution in [2.75, 3.05) is 0 Å². The third kappa shape index (κ3) is 9.05. The summed E-state index contributed by atoms with van der Waals surface area (Å²) in [5.74, 6) is 0.873. The molecule has 0 amide bonds. The molecule has 1 aliphatic rings. The van der Waals surface area contributed by atoms with Gasteiger partial charge in [0, 0.05) is 32.5 Å². The van der Waals surface area contributed by atoms with Gasteiger partial charge in [-0.3, -0.25) is 0 Å². The molecule has 3 aromatic carbocycles. The Bertz CT molecular complexity index is 1470. The van der Waals surface area contributed by atoms with Gasteiger partial charge in [-0.05, 0) is 59.8 Å². The molecular weight excluding hydrogens is 677 g/mol. The van der Waals surface area contributed by atoms with Crippen molar-refractivity contribution in [3.05, 3.63) is 143 Å². The van der Waals surface area contributed by atoms with Crippen molar-refractivity contribution in [1.82, 2.24) is 9.97 Å². The van der Waals surface area contributed by atoms with Crippen molar-refractivity contribution >= 4 is 0 Å². The second-order valence-corrected chi connectivity index (χ2v) is 11.0. The Labute approximate surface area is 259 Å². The zero-order valence-electron chi connectivity index (χ0n) is 24.1. The first-order valence-electron chi connectivity index (χ1n) is 14.5. The Kier molecular flexibility index (Phi) is 11.6. The number of hydrogen-bond acceptors (Lipinski definition) is 2. The summed E-state index contributed by atoms with van der Waals surface area (Å²) in [6.07, 6.45) is 13.1. The number of aromatic nitrogens is 2. The third-order valence-corrected chi connectivity index (χ3v) is 7.75. The van der Waals surface area contributed by atoms with E-state index in [1.54, 1.807) is 0 Å². The molecule has 1 fully saturated rings. The predicted octanol–water partition coefficient (Wildman–Crippen LogP) is 9.43. The van der Waals surface area contributed by atoms with Gasteiger partial charge in [-0.1, -0.05) is 87.1 Å². The molecule has 0 bridgehead atoms. The van der Waals surface area contributed by atoms with Crippen LogP contribution in [0.1, 0.15) is 59.9 Å². The van der Waals surface area contributed by atoms with E-state index < -0.39 is 0 Å². The van der Waals surface area contributed by atoms with Crippen molar-refractivity contribution < 1.29 is 20.1 Å². The van der Waals surface area contributed by atoms with Gasteiger partial charge in [-0.15, -0.1) is 71.3 Å². The number of pyridine rings is 2. The second-order valence-electron chi connectivity index (χ2n) is 11.0. The molecule has 2 aromatic heterocycles. The second kappa shape index (κ2) is 15.6. The largest absolute Gasteiger partial charge is 0.305 e. The summed E-state index contributed by atoms with van der Waals surface area (Å²) >= 11 is 0. The van der Waals surface area contributed by atoms with Crippen LogP contribution in [0.3, 0.4) is 0 Å². The van der Waals surface area contributed by atoms with Gasteiger partial charge in [-0.2, -0.15) is 0 Å². The maximum absolute atomic E-state index is 4.57. The summed E-state index contributed by atoms with van der Waals surface area (Å²) in [7, 11) is 0. The third-order valence-electron chi connectivity index (χ3n) is 7.75. The molecule has 1 saturated carbocycles. The average molecular weight is 715 g/mol. The molecule has 0 saturated heterocycles. The molecule has 2 nitrogen and oxygen atoms in total. The van der Waals surface area contributed by atoms with Crippen LogP contribution in [0, 0.1) is 31.9 Å². The van der Waals surface area contributed by atoms with E-state index in [0.717, 1.165) is 34.9 Å². The van der Waals surface area contributed by atoms with Crippen LogP contribution in [0.4, 0.5) is 0 Å². The number of nitrogens with zero attached hydrogens (tertiary/aromatic N) is 2. The van der Waals surface area contributed by atoms with Crippen LogP contribution in [0.2, 0.25) is 0 Å². The van der Waals surface area contributed by atoms with Crippen molar-refractivity contribution in [2.45, 2.75) is 58.8 Å². The van der Waals surface area contributed by atoms with Crippen LogP contribution < -0.4 is 0 Å². The van der Waals surface area contributed by atoms with Gasteiger partial charge in [0.2, 0.25) is 0 Å². The minimum atomic E-state index is 0. The molecule has 5 aromatic rings. The van der Waals surface area contributed by atoms with Crippen molar-refractivity contribution in [3.8, 4) is 22.5 Å². The van der Waals surface area contributed by atoms with Crippen molar-refractivity contribution in [2.24, 2.45) is 5.92 Å². The number of rotatable bonds is 6. The smallest absolute Gasteiger partial charge is 0.0192 e. The van der Waals surface area contributed by atoms with E-state index in [1.165, 1.54) is 66.3 Å². The standard InChI is InChI=1S/C19H22N.C19H16N.Ir/c1-15-14-20-19(17-10-6-3-7-11-17)13-18(15)12-16-8-4-2-5-9-16;1-15-7-9-18(10-8-15)19-14-17(11-12-20-19)13-16-5-3-2-4-6-16;/h3,6-7,10,13-14,16H,2,4-5,8-9,12H2,1H3;2-9,11-12,14H,13H2,1H3;/q2*-1;. The van der Waals surface area contributed by atoms with Crippen LogP contribution >= 0.6 is 0 Å². The van der Waals surface area contributed by atoms with E-state index >= 15 is 0 Å². The molecule has 0 N–H and O–H groups in total. The molecule has 0 atom stereocenters. The number of hydrogen-bond donors (Lipinski definition) is 0. The molecule has 0 aliphatic heterocycles. The Morgan fingerprint density at radius 1 is 0.732 bits per heavy atom. The zero-order chi connectivity index (χ0) is 27.6. The first-order valence-corrected chi connectivity index (χ1v) is 14.5. The quantitative estimate of drug-likeness (QED) is 0.164. The molecule has 0 spiro atoms. The fourth-order valence-electron chi connectivity index (χ4n) is 5.41. The van der Waals surface area contributed by atoms with Crippen LogP contribution in [-0.2, 0) is 32.9 Å². The van der Waals surface area contributed by atoms with E-state index in [-0.39, 0.29) is 20.1 Å². The Morgan fingerprint density at radius 2 is 1.49 bits per heavy atom. The fraction of sp³-hybridized carbons (Fsp3) is 0.263. The van der Waals surface area contributed by atoms with Gasteiger partial charge in [0.1, 0.15) is 0 Å². The molecule has 1 aliphatic carbocycles. The number of benzene rings is 3.